The maximum Gasteiger partial charge on any atom is 0.230 e. The van der Waals surface area contributed by atoms with E-state index in [9.17, 15) is 4.79 Å². The summed E-state index contributed by atoms with van der Waals surface area (Å²) in [5.41, 5.74) is 0.766. The number of benzene rings is 1. The van der Waals surface area contributed by atoms with Gasteiger partial charge in [0.15, 0.2) is 11.6 Å². The second-order valence-electron chi connectivity index (χ2n) is 5.10. The van der Waals surface area contributed by atoms with Crippen LogP contribution in [0.3, 0.4) is 0 Å². The third-order valence-electron chi connectivity index (χ3n) is 3.34. The van der Waals surface area contributed by atoms with Crippen molar-refractivity contribution in [3.63, 3.8) is 0 Å². The molecule has 0 radical (unpaired) electrons. The molecule has 1 aromatic heterocycles. The van der Waals surface area contributed by atoms with Crippen molar-refractivity contribution in [2.24, 2.45) is 0 Å². The second-order valence-corrected chi connectivity index (χ2v) is 5.10. The van der Waals surface area contributed by atoms with E-state index < -0.39 is 0 Å². The Balaban J connectivity index is 2.09. The van der Waals surface area contributed by atoms with Gasteiger partial charge in [0.1, 0.15) is 11.5 Å². The summed E-state index contributed by atoms with van der Waals surface area (Å²) in [6.07, 6.45) is 2.66. The van der Waals surface area contributed by atoms with Crippen molar-refractivity contribution in [1.82, 2.24) is 4.98 Å². The Morgan fingerprint density at radius 2 is 2.00 bits per heavy atom. The summed E-state index contributed by atoms with van der Waals surface area (Å²) in [7, 11) is 3.14. The quantitative estimate of drug-likeness (QED) is 0.805. The zero-order valence-electron chi connectivity index (χ0n) is 14.2. The van der Waals surface area contributed by atoms with Gasteiger partial charge >= 0.3 is 0 Å². The van der Waals surface area contributed by atoms with Crippen LogP contribution in [0, 0.1) is 0 Å². The third-order valence-corrected chi connectivity index (χ3v) is 3.34. The fraction of sp³-hybridized carbons (Fsp3) is 0.333. The van der Waals surface area contributed by atoms with Crippen LogP contribution in [-0.4, -0.2) is 31.7 Å². The topological polar surface area (TPSA) is 69.7 Å². The molecule has 0 spiro atoms. The van der Waals surface area contributed by atoms with E-state index in [4.69, 9.17) is 14.2 Å². The highest BCUT2D eigenvalue weighted by molar-refractivity contribution is 5.93. The Kier molecular flexibility index (Phi) is 6.42. The Hall–Kier alpha value is -2.76. The summed E-state index contributed by atoms with van der Waals surface area (Å²) in [4.78, 5) is 16.5. The number of methoxy groups -OCH3 is 2. The van der Waals surface area contributed by atoms with Crippen LogP contribution in [0.2, 0.25) is 0 Å². The van der Waals surface area contributed by atoms with Gasteiger partial charge in [0.2, 0.25) is 5.91 Å². The predicted octanol–water partition coefficient (Wildman–Crippen LogP) is 3.07. The molecule has 0 saturated heterocycles. The largest absolute Gasteiger partial charge is 0.497 e. The van der Waals surface area contributed by atoms with Crippen LogP contribution in [0.5, 0.6) is 17.2 Å². The molecule has 1 amide bonds. The van der Waals surface area contributed by atoms with Gasteiger partial charge in [-0.25, -0.2) is 4.98 Å². The predicted molar refractivity (Wildman–Crippen MR) is 91.9 cm³/mol. The summed E-state index contributed by atoms with van der Waals surface area (Å²) in [5.74, 6) is 2.07. The second kappa shape index (κ2) is 8.76. The van der Waals surface area contributed by atoms with Gasteiger partial charge in [0.05, 0.1) is 27.2 Å². The molecule has 24 heavy (non-hydrogen) atoms. The van der Waals surface area contributed by atoms with E-state index in [1.54, 1.807) is 44.7 Å². The van der Waals surface area contributed by atoms with Crippen molar-refractivity contribution in [3.8, 4) is 17.2 Å². The summed E-state index contributed by atoms with van der Waals surface area (Å²) >= 11 is 0. The number of pyridine rings is 1. The van der Waals surface area contributed by atoms with Gasteiger partial charge in [-0.05, 0) is 24.6 Å². The van der Waals surface area contributed by atoms with E-state index in [1.807, 2.05) is 13.0 Å². The van der Waals surface area contributed by atoms with Crippen LogP contribution < -0.4 is 19.5 Å². The van der Waals surface area contributed by atoms with Gasteiger partial charge in [-0.3, -0.25) is 4.79 Å². The number of aromatic nitrogens is 1. The zero-order chi connectivity index (χ0) is 17.4. The fourth-order valence-electron chi connectivity index (χ4n) is 2.16. The van der Waals surface area contributed by atoms with Gasteiger partial charge in [-0.1, -0.05) is 13.0 Å². The van der Waals surface area contributed by atoms with E-state index in [2.05, 4.69) is 10.3 Å². The Bertz CT molecular complexity index is 688. The molecule has 6 heteroatoms. The summed E-state index contributed by atoms with van der Waals surface area (Å²) in [6.45, 7) is 2.59. The lowest BCUT2D eigenvalue weighted by Gasteiger charge is -2.12. The first-order valence-electron chi connectivity index (χ1n) is 7.76. The highest BCUT2D eigenvalue weighted by Gasteiger charge is 2.13. The van der Waals surface area contributed by atoms with E-state index in [-0.39, 0.29) is 12.3 Å². The minimum atomic E-state index is -0.196. The van der Waals surface area contributed by atoms with Crippen molar-refractivity contribution in [2.75, 3.05) is 26.1 Å². The van der Waals surface area contributed by atoms with Gasteiger partial charge in [-0.2, -0.15) is 0 Å². The third kappa shape index (κ3) is 4.62. The molecule has 0 aliphatic heterocycles. The van der Waals surface area contributed by atoms with Gasteiger partial charge < -0.3 is 19.5 Å². The number of carbonyl (C=O) groups excluding carboxylic acids is 1. The molecule has 0 atom stereocenters. The normalized spacial score (nSPS) is 10.1. The zero-order valence-corrected chi connectivity index (χ0v) is 14.2. The number of nitrogens with zero attached hydrogens (tertiary/aromatic N) is 1. The van der Waals surface area contributed by atoms with Gasteiger partial charge in [0.25, 0.3) is 0 Å². The number of ether oxygens (including phenoxy) is 3. The number of nitrogens with one attached hydrogen (secondary N) is 1. The number of amides is 1. The van der Waals surface area contributed by atoms with E-state index in [0.29, 0.717) is 29.7 Å². The number of hydrogen-bond donors (Lipinski definition) is 1. The summed E-state index contributed by atoms with van der Waals surface area (Å²) < 4.78 is 16.1. The first-order valence-corrected chi connectivity index (χ1v) is 7.76. The molecule has 1 heterocycles. The van der Waals surface area contributed by atoms with Crippen LogP contribution in [0.15, 0.2) is 36.5 Å². The van der Waals surface area contributed by atoms with Crippen LogP contribution in [0.1, 0.15) is 18.9 Å². The fourth-order valence-corrected chi connectivity index (χ4v) is 2.16. The minimum absolute atomic E-state index is 0.164. The maximum atomic E-state index is 12.3. The lowest BCUT2D eigenvalue weighted by molar-refractivity contribution is -0.115. The Labute approximate surface area is 141 Å². The van der Waals surface area contributed by atoms with Crippen molar-refractivity contribution in [3.05, 3.63) is 42.1 Å². The van der Waals surface area contributed by atoms with E-state index >= 15 is 0 Å². The molecule has 0 saturated carbocycles. The molecule has 0 aliphatic carbocycles. The van der Waals surface area contributed by atoms with Crippen molar-refractivity contribution in [1.29, 1.82) is 0 Å². The number of carbonyl (C=O) groups is 1. The molecule has 0 fully saturated rings. The molecule has 2 rings (SSSR count). The molecule has 0 bridgehead atoms. The van der Waals surface area contributed by atoms with Crippen molar-refractivity contribution < 1.29 is 19.0 Å². The van der Waals surface area contributed by atoms with Crippen molar-refractivity contribution in [2.45, 2.75) is 19.8 Å². The average Bonchev–Trinajstić information content (AvgIpc) is 2.61. The standard InChI is InChI=1S/C18H22N2O4/c1-4-10-24-15-6-5-9-19-18(15)20-17(21)11-13-7-8-14(22-2)12-16(13)23-3/h5-9,12H,4,10-11H2,1-3H3,(H,19,20,21). The number of anilines is 1. The van der Waals surface area contributed by atoms with Crippen LogP contribution in [0.4, 0.5) is 5.82 Å². The molecular weight excluding hydrogens is 308 g/mol. The molecule has 1 N–H and O–H groups in total. The lowest BCUT2D eigenvalue weighted by atomic mass is 10.1. The maximum absolute atomic E-state index is 12.3. The summed E-state index contributed by atoms with van der Waals surface area (Å²) in [6, 6.07) is 8.91. The molecule has 0 unspecified atom stereocenters. The smallest absolute Gasteiger partial charge is 0.230 e. The number of hydrogen-bond acceptors (Lipinski definition) is 5. The Morgan fingerprint density at radius 1 is 1.17 bits per heavy atom. The number of rotatable bonds is 8. The molecule has 2 aromatic rings. The highest BCUT2D eigenvalue weighted by atomic mass is 16.5. The van der Waals surface area contributed by atoms with E-state index in [0.717, 1.165) is 12.0 Å². The monoisotopic (exact) mass is 330 g/mol. The molecule has 128 valence electrons. The van der Waals surface area contributed by atoms with Crippen molar-refractivity contribution >= 4 is 11.7 Å². The van der Waals surface area contributed by atoms with Gasteiger partial charge in [-0.15, -0.1) is 0 Å². The van der Waals surface area contributed by atoms with Gasteiger partial charge in [0, 0.05) is 17.8 Å². The first-order chi connectivity index (χ1) is 11.7. The highest BCUT2D eigenvalue weighted by Crippen LogP contribution is 2.26. The van der Waals surface area contributed by atoms with Crippen LogP contribution >= 0.6 is 0 Å². The minimum Gasteiger partial charge on any atom is -0.497 e. The Morgan fingerprint density at radius 3 is 2.71 bits per heavy atom. The average molecular weight is 330 g/mol. The SMILES string of the molecule is CCCOc1cccnc1NC(=O)Cc1ccc(OC)cc1OC. The van der Waals surface area contributed by atoms with Crippen LogP contribution in [-0.2, 0) is 11.2 Å². The molecule has 6 nitrogen and oxygen atoms in total. The first kappa shape index (κ1) is 17.6. The lowest BCUT2D eigenvalue weighted by Crippen LogP contribution is -2.16. The van der Waals surface area contributed by atoms with E-state index in [1.165, 1.54) is 0 Å². The van der Waals surface area contributed by atoms with Crippen LogP contribution in [0.25, 0.3) is 0 Å². The molecule has 1 aromatic carbocycles. The molecule has 0 aliphatic rings. The summed E-state index contributed by atoms with van der Waals surface area (Å²) in [5, 5.41) is 2.79. The molecular formula is C18H22N2O4.